The van der Waals surface area contributed by atoms with Crippen LogP contribution in [0.5, 0.6) is 0 Å². The van der Waals surface area contributed by atoms with Gasteiger partial charge in [0.2, 0.25) is 0 Å². The number of amides is 2. The van der Waals surface area contributed by atoms with Crippen LogP contribution in [0.3, 0.4) is 0 Å². The lowest BCUT2D eigenvalue weighted by molar-refractivity contribution is 0.255. The van der Waals surface area contributed by atoms with E-state index in [4.69, 9.17) is 0 Å². The van der Waals surface area contributed by atoms with Gasteiger partial charge in [0.25, 0.3) is 0 Å². The van der Waals surface area contributed by atoms with E-state index < -0.39 is 16.2 Å². The standard InChI is InChI=1S/C24H26N4O3S2/c29-24(26-23-20-10-4-8-18(20)14-19-9-5-11-21(19)23)27-33(30,31)28(16-22-25-12-13-32-22)15-17-6-2-1-3-7-17/h1-3,6-7,12-14H,4-5,8-11,15-16H2,(H2,26,27,29). The molecule has 2 aromatic carbocycles. The lowest BCUT2D eigenvalue weighted by Gasteiger charge is -2.22. The van der Waals surface area contributed by atoms with Crippen molar-refractivity contribution in [2.75, 3.05) is 5.32 Å². The minimum atomic E-state index is -4.11. The molecule has 1 aromatic heterocycles. The molecular weight excluding hydrogens is 456 g/mol. The molecule has 0 radical (unpaired) electrons. The highest BCUT2D eigenvalue weighted by Gasteiger charge is 2.28. The average Bonchev–Trinajstić information content (AvgIpc) is 3.55. The Kier molecular flexibility index (Phi) is 6.18. The summed E-state index contributed by atoms with van der Waals surface area (Å²) in [4.78, 5) is 17.2. The van der Waals surface area contributed by atoms with E-state index in [1.165, 1.54) is 26.8 Å². The normalized spacial score (nSPS) is 14.8. The predicted octanol–water partition coefficient (Wildman–Crippen LogP) is 4.19. The first-order valence-corrected chi connectivity index (χ1v) is 13.5. The van der Waals surface area contributed by atoms with Gasteiger partial charge in [-0.2, -0.15) is 12.7 Å². The second-order valence-corrected chi connectivity index (χ2v) is 11.1. The molecule has 0 atom stereocenters. The molecule has 0 aliphatic heterocycles. The number of carbonyl (C=O) groups excluding carboxylic acids is 1. The van der Waals surface area contributed by atoms with Crippen LogP contribution in [-0.2, 0) is 49.0 Å². The van der Waals surface area contributed by atoms with E-state index in [1.54, 1.807) is 11.6 Å². The molecule has 2 amide bonds. The molecule has 5 rings (SSSR count). The molecule has 172 valence electrons. The van der Waals surface area contributed by atoms with Crippen molar-refractivity contribution in [2.24, 2.45) is 0 Å². The van der Waals surface area contributed by atoms with E-state index in [1.807, 2.05) is 30.3 Å². The Morgan fingerprint density at radius 1 is 1.00 bits per heavy atom. The van der Waals surface area contributed by atoms with Gasteiger partial charge in [0.15, 0.2) is 0 Å². The maximum atomic E-state index is 13.3. The van der Waals surface area contributed by atoms with Crippen molar-refractivity contribution in [1.82, 2.24) is 14.0 Å². The number of anilines is 1. The van der Waals surface area contributed by atoms with Crippen molar-refractivity contribution in [3.63, 3.8) is 0 Å². The maximum Gasteiger partial charge on any atom is 0.333 e. The molecule has 0 saturated heterocycles. The maximum absolute atomic E-state index is 13.3. The van der Waals surface area contributed by atoms with E-state index in [0.29, 0.717) is 5.01 Å². The molecular formula is C24H26N4O3S2. The lowest BCUT2D eigenvalue weighted by Crippen LogP contribution is -2.44. The van der Waals surface area contributed by atoms with Crippen LogP contribution in [0.4, 0.5) is 10.5 Å². The highest BCUT2D eigenvalue weighted by atomic mass is 32.2. The van der Waals surface area contributed by atoms with E-state index in [0.717, 1.165) is 60.9 Å². The van der Waals surface area contributed by atoms with Gasteiger partial charge in [0.05, 0.1) is 6.54 Å². The van der Waals surface area contributed by atoms with Crippen LogP contribution in [0.2, 0.25) is 0 Å². The number of rotatable bonds is 7. The summed E-state index contributed by atoms with van der Waals surface area (Å²) in [5.74, 6) is 0. The summed E-state index contributed by atoms with van der Waals surface area (Å²) in [5, 5.41) is 5.37. The van der Waals surface area contributed by atoms with Gasteiger partial charge in [-0.3, -0.25) is 0 Å². The molecule has 2 N–H and O–H groups in total. The Bertz CT molecular complexity index is 1230. The molecule has 2 aliphatic rings. The first-order chi connectivity index (χ1) is 16.0. The minimum absolute atomic E-state index is 0.0886. The van der Waals surface area contributed by atoms with Crippen LogP contribution >= 0.6 is 11.3 Å². The molecule has 33 heavy (non-hydrogen) atoms. The molecule has 7 nitrogen and oxygen atoms in total. The van der Waals surface area contributed by atoms with Gasteiger partial charge in [-0.05, 0) is 66.3 Å². The zero-order valence-electron chi connectivity index (χ0n) is 18.2. The highest BCUT2D eigenvalue weighted by molar-refractivity contribution is 7.87. The predicted molar refractivity (Wildman–Crippen MR) is 129 cm³/mol. The number of thiazole rings is 1. The number of carbonyl (C=O) groups is 1. The van der Waals surface area contributed by atoms with Gasteiger partial charge >= 0.3 is 16.2 Å². The fourth-order valence-corrected chi connectivity index (χ4v) is 6.52. The summed E-state index contributed by atoms with van der Waals surface area (Å²) < 4.78 is 30.0. The SMILES string of the molecule is O=C(Nc1c2c(cc3c1CCC3)CCC2)NS(=O)(=O)N(Cc1ccccc1)Cc1nccs1. The number of aromatic nitrogens is 1. The monoisotopic (exact) mass is 482 g/mol. The Morgan fingerprint density at radius 2 is 1.70 bits per heavy atom. The van der Waals surface area contributed by atoms with Gasteiger partial charge in [-0.25, -0.2) is 14.5 Å². The van der Waals surface area contributed by atoms with Gasteiger partial charge in [-0.15, -0.1) is 11.3 Å². The van der Waals surface area contributed by atoms with Crippen molar-refractivity contribution >= 4 is 33.3 Å². The topological polar surface area (TPSA) is 91.4 Å². The van der Waals surface area contributed by atoms with Crippen molar-refractivity contribution in [1.29, 1.82) is 0 Å². The average molecular weight is 483 g/mol. The number of nitrogens with one attached hydrogen (secondary N) is 2. The van der Waals surface area contributed by atoms with Crippen molar-refractivity contribution in [3.8, 4) is 0 Å². The van der Waals surface area contributed by atoms with Gasteiger partial charge in [-0.1, -0.05) is 36.4 Å². The fraction of sp³-hybridized carbons (Fsp3) is 0.333. The van der Waals surface area contributed by atoms with E-state index in [9.17, 15) is 13.2 Å². The number of nitrogens with zero attached hydrogens (tertiary/aromatic N) is 2. The van der Waals surface area contributed by atoms with Crippen molar-refractivity contribution in [3.05, 3.63) is 80.8 Å². The van der Waals surface area contributed by atoms with Crippen LogP contribution in [-0.4, -0.2) is 23.7 Å². The molecule has 0 saturated carbocycles. The Balaban J connectivity index is 1.37. The van der Waals surface area contributed by atoms with Crippen LogP contribution < -0.4 is 10.0 Å². The molecule has 1 heterocycles. The highest BCUT2D eigenvalue weighted by Crippen LogP contribution is 2.38. The van der Waals surface area contributed by atoms with Crippen LogP contribution in [0.25, 0.3) is 0 Å². The van der Waals surface area contributed by atoms with Gasteiger partial charge in [0.1, 0.15) is 5.01 Å². The summed E-state index contributed by atoms with van der Waals surface area (Å²) >= 11 is 1.38. The van der Waals surface area contributed by atoms with E-state index >= 15 is 0 Å². The van der Waals surface area contributed by atoms with Gasteiger partial charge < -0.3 is 5.32 Å². The lowest BCUT2D eigenvalue weighted by atomic mass is 9.99. The first-order valence-electron chi connectivity index (χ1n) is 11.2. The van der Waals surface area contributed by atoms with E-state index in [-0.39, 0.29) is 13.1 Å². The molecule has 0 unspecified atom stereocenters. The Hall–Kier alpha value is -2.75. The molecule has 9 heteroatoms. The molecule has 0 spiro atoms. The minimum Gasteiger partial charge on any atom is -0.307 e. The number of hydrogen-bond acceptors (Lipinski definition) is 5. The number of benzene rings is 2. The Labute approximate surface area is 198 Å². The molecule has 3 aromatic rings. The quantitative estimate of drug-likeness (QED) is 0.528. The third-order valence-electron chi connectivity index (χ3n) is 6.27. The zero-order valence-corrected chi connectivity index (χ0v) is 19.8. The van der Waals surface area contributed by atoms with Crippen molar-refractivity contribution in [2.45, 2.75) is 51.6 Å². The van der Waals surface area contributed by atoms with Crippen LogP contribution in [0.15, 0.2) is 48.0 Å². The number of hydrogen-bond donors (Lipinski definition) is 2. The Morgan fingerprint density at radius 3 is 2.33 bits per heavy atom. The van der Waals surface area contributed by atoms with Crippen LogP contribution in [0, 0.1) is 0 Å². The summed E-state index contributed by atoms with van der Waals surface area (Å²) in [6, 6.07) is 10.9. The molecule has 2 aliphatic carbocycles. The largest absolute Gasteiger partial charge is 0.333 e. The summed E-state index contributed by atoms with van der Waals surface area (Å²) in [6.45, 7) is 0.227. The second kappa shape index (κ2) is 9.24. The second-order valence-electron chi connectivity index (χ2n) is 8.47. The summed E-state index contributed by atoms with van der Waals surface area (Å²) in [6.07, 6.45) is 7.61. The smallest absolute Gasteiger partial charge is 0.307 e. The summed E-state index contributed by atoms with van der Waals surface area (Å²) in [7, 11) is -4.11. The number of aryl methyl sites for hydroxylation is 2. The van der Waals surface area contributed by atoms with E-state index in [2.05, 4.69) is 21.1 Å². The van der Waals surface area contributed by atoms with Gasteiger partial charge in [0, 0.05) is 23.8 Å². The fourth-order valence-electron chi connectivity index (χ4n) is 4.78. The molecule has 0 bridgehead atoms. The summed E-state index contributed by atoms with van der Waals surface area (Å²) in [5.41, 5.74) is 6.53. The number of urea groups is 1. The third kappa shape index (κ3) is 4.80. The first kappa shape index (κ1) is 22.1. The zero-order chi connectivity index (χ0) is 22.8. The van der Waals surface area contributed by atoms with Crippen LogP contribution in [0.1, 0.15) is 45.7 Å². The number of fused-ring (bicyclic) bond motifs is 2. The third-order valence-corrected chi connectivity index (χ3v) is 8.42. The molecule has 0 fully saturated rings. The van der Waals surface area contributed by atoms with Crippen molar-refractivity contribution < 1.29 is 13.2 Å².